The number of ketones is 1. The number of carbonyl (C=O) groups excluding carboxylic acids is 2. The quantitative estimate of drug-likeness (QED) is 0.850. The third-order valence-corrected chi connectivity index (χ3v) is 5.17. The molecule has 2 bridgehead atoms. The van der Waals surface area contributed by atoms with Crippen LogP contribution < -0.4 is 5.32 Å². The Kier molecular flexibility index (Phi) is 2.94. The van der Waals surface area contributed by atoms with E-state index in [4.69, 9.17) is 0 Å². The molecule has 0 aliphatic heterocycles. The van der Waals surface area contributed by atoms with E-state index in [1.54, 1.807) is 0 Å². The minimum absolute atomic E-state index is 0.0358. The zero-order chi connectivity index (χ0) is 15.4. The molecule has 1 N–H and O–H groups in total. The van der Waals surface area contributed by atoms with E-state index in [-0.39, 0.29) is 17.4 Å². The summed E-state index contributed by atoms with van der Waals surface area (Å²) in [6.07, 6.45) is 1.94. The Morgan fingerprint density at radius 1 is 1.29 bits per heavy atom. The summed E-state index contributed by atoms with van der Waals surface area (Å²) < 4.78 is 26.1. The predicted molar refractivity (Wildman–Crippen MR) is 73.5 cm³/mol. The van der Waals surface area contributed by atoms with Gasteiger partial charge in [0.15, 0.2) is 17.4 Å². The van der Waals surface area contributed by atoms with Gasteiger partial charge in [-0.25, -0.2) is 8.78 Å². The van der Waals surface area contributed by atoms with Gasteiger partial charge in [-0.3, -0.25) is 9.59 Å². The van der Waals surface area contributed by atoms with Gasteiger partial charge >= 0.3 is 0 Å². The molecule has 1 amide bonds. The van der Waals surface area contributed by atoms with E-state index in [0.717, 1.165) is 18.6 Å². The van der Waals surface area contributed by atoms with Crippen LogP contribution in [0.3, 0.4) is 0 Å². The second-order valence-electron chi connectivity index (χ2n) is 6.66. The van der Waals surface area contributed by atoms with E-state index in [0.29, 0.717) is 12.8 Å². The lowest BCUT2D eigenvalue weighted by atomic mass is 9.70. The van der Waals surface area contributed by atoms with Gasteiger partial charge in [0.2, 0.25) is 5.91 Å². The number of benzene rings is 1. The minimum Gasteiger partial charge on any atom is -0.325 e. The first-order valence-electron chi connectivity index (χ1n) is 7.09. The third-order valence-electron chi connectivity index (χ3n) is 5.17. The summed E-state index contributed by atoms with van der Waals surface area (Å²) in [7, 11) is 0. The van der Waals surface area contributed by atoms with Gasteiger partial charge in [-0.05, 0) is 37.3 Å². The Morgan fingerprint density at radius 3 is 2.57 bits per heavy atom. The van der Waals surface area contributed by atoms with Gasteiger partial charge in [-0.2, -0.15) is 0 Å². The molecule has 5 heteroatoms. The number of carbonyl (C=O) groups is 2. The number of Topliss-reactive ketones (excluding diaryl/α,β-unsaturated/α-hetero) is 1. The van der Waals surface area contributed by atoms with Crippen LogP contribution in [-0.4, -0.2) is 11.7 Å². The Balaban J connectivity index is 1.86. The number of nitrogens with one attached hydrogen (secondary N) is 1. The molecular weight excluding hydrogens is 276 g/mol. The van der Waals surface area contributed by atoms with Gasteiger partial charge in [-0.15, -0.1) is 0 Å². The van der Waals surface area contributed by atoms with Crippen molar-refractivity contribution >= 4 is 17.4 Å². The summed E-state index contributed by atoms with van der Waals surface area (Å²) in [5, 5.41) is 2.57. The fourth-order valence-electron chi connectivity index (χ4n) is 3.80. The minimum atomic E-state index is -1.02. The number of rotatable bonds is 2. The highest BCUT2D eigenvalue weighted by Gasteiger charge is 2.64. The topological polar surface area (TPSA) is 46.2 Å². The van der Waals surface area contributed by atoms with Crippen LogP contribution in [0.15, 0.2) is 18.2 Å². The lowest BCUT2D eigenvalue weighted by Crippen LogP contribution is -2.44. The maximum Gasteiger partial charge on any atom is 0.238 e. The molecule has 2 saturated carbocycles. The fraction of sp³-hybridized carbons (Fsp3) is 0.500. The number of amides is 1. The molecular formula is C16H17F2NO2. The van der Waals surface area contributed by atoms with Gasteiger partial charge in [0.25, 0.3) is 0 Å². The predicted octanol–water partition coefficient (Wildman–Crippen LogP) is 3.30. The molecule has 0 spiro atoms. The van der Waals surface area contributed by atoms with Crippen molar-refractivity contribution in [1.29, 1.82) is 0 Å². The zero-order valence-corrected chi connectivity index (χ0v) is 12.0. The summed E-state index contributed by atoms with van der Waals surface area (Å²) in [6, 6.07) is 3.19. The molecule has 0 heterocycles. The van der Waals surface area contributed by atoms with E-state index in [1.165, 1.54) is 6.07 Å². The molecule has 3 nitrogen and oxygen atoms in total. The van der Waals surface area contributed by atoms with Gasteiger partial charge in [-0.1, -0.05) is 13.8 Å². The SMILES string of the molecule is CC1(C)C(=O)[C@]2(C(=O)Nc3ccc(F)c(F)c3)CC[C@@H]1C2. The van der Waals surface area contributed by atoms with Crippen molar-refractivity contribution in [3.05, 3.63) is 29.8 Å². The molecule has 2 aliphatic rings. The Labute approximate surface area is 121 Å². The second-order valence-corrected chi connectivity index (χ2v) is 6.66. The average Bonchev–Trinajstić information content (AvgIpc) is 2.95. The highest BCUT2D eigenvalue weighted by molar-refractivity contribution is 6.15. The van der Waals surface area contributed by atoms with Crippen LogP contribution in [-0.2, 0) is 9.59 Å². The van der Waals surface area contributed by atoms with Crippen LogP contribution in [0.5, 0.6) is 0 Å². The van der Waals surface area contributed by atoms with E-state index in [2.05, 4.69) is 5.32 Å². The van der Waals surface area contributed by atoms with E-state index >= 15 is 0 Å². The van der Waals surface area contributed by atoms with E-state index < -0.39 is 28.4 Å². The maximum absolute atomic E-state index is 13.2. The number of fused-ring (bicyclic) bond motifs is 2. The largest absolute Gasteiger partial charge is 0.325 e. The van der Waals surface area contributed by atoms with Crippen LogP contribution in [0, 0.1) is 28.4 Å². The van der Waals surface area contributed by atoms with Gasteiger partial charge in [0.05, 0.1) is 0 Å². The van der Waals surface area contributed by atoms with Gasteiger partial charge in [0, 0.05) is 17.2 Å². The molecule has 112 valence electrons. The average molecular weight is 293 g/mol. The first kappa shape index (κ1) is 14.2. The van der Waals surface area contributed by atoms with Crippen molar-refractivity contribution in [2.75, 3.05) is 5.32 Å². The molecule has 1 aromatic rings. The molecule has 0 radical (unpaired) electrons. The maximum atomic E-state index is 13.2. The van der Waals surface area contributed by atoms with Crippen molar-refractivity contribution in [3.63, 3.8) is 0 Å². The summed E-state index contributed by atoms with van der Waals surface area (Å²) in [5.74, 6) is -2.20. The summed E-state index contributed by atoms with van der Waals surface area (Å²) in [5.41, 5.74) is -1.31. The molecule has 0 saturated heterocycles. The normalized spacial score (nSPS) is 29.7. The highest BCUT2D eigenvalue weighted by atomic mass is 19.2. The number of anilines is 1. The summed E-state index contributed by atoms with van der Waals surface area (Å²) >= 11 is 0. The van der Waals surface area contributed by atoms with Crippen LogP contribution >= 0.6 is 0 Å². The molecule has 0 unspecified atom stereocenters. The Bertz CT molecular complexity index is 641. The Morgan fingerprint density at radius 2 is 2.00 bits per heavy atom. The van der Waals surface area contributed by atoms with Crippen LogP contribution in [0.1, 0.15) is 33.1 Å². The van der Waals surface area contributed by atoms with E-state index in [9.17, 15) is 18.4 Å². The zero-order valence-electron chi connectivity index (χ0n) is 12.0. The molecule has 0 aromatic heterocycles. The molecule has 3 rings (SSSR count). The smallest absolute Gasteiger partial charge is 0.238 e. The van der Waals surface area contributed by atoms with Gasteiger partial charge in [0.1, 0.15) is 5.41 Å². The van der Waals surface area contributed by atoms with Crippen molar-refractivity contribution < 1.29 is 18.4 Å². The first-order valence-corrected chi connectivity index (χ1v) is 7.09. The van der Waals surface area contributed by atoms with Crippen molar-refractivity contribution in [2.24, 2.45) is 16.7 Å². The number of halogens is 2. The first-order chi connectivity index (χ1) is 9.77. The van der Waals surface area contributed by atoms with Crippen molar-refractivity contribution in [2.45, 2.75) is 33.1 Å². The van der Waals surface area contributed by atoms with Gasteiger partial charge < -0.3 is 5.32 Å². The highest BCUT2D eigenvalue weighted by Crippen LogP contribution is 2.60. The van der Waals surface area contributed by atoms with Crippen LogP contribution in [0.2, 0.25) is 0 Å². The second kappa shape index (κ2) is 4.36. The van der Waals surface area contributed by atoms with E-state index in [1.807, 2.05) is 13.8 Å². The summed E-state index contributed by atoms with van der Waals surface area (Å²) in [4.78, 5) is 25.1. The fourth-order valence-corrected chi connectivity index (χ4v) is 3.80. The molecule has 21 heavy (non-hydrogen) atoms. The van der Waals surface area contributed by atoms with Crippen LogP contribution in [0.25, 0.3) is 0 Å². The standard InChI is InChI=1S/C16H17F2NO2/c1-15(2)9-5-6-16(8-9,13(15)20)14(21)19-10-3-4-11(17)12(18)7-10/h3-4,7,9H,5-6,8H2,1-2H3,(H,19,21)/t9-,16+/m1/s1. The molecule has 2 atom stereocenters. The number of hydrogen-bond donors (Lipinski definition) is 1. The molecule has 1 aromatic carbocycles. The lowest BCUT2D eigenvalue weighted by molar-refractivity contribution is -0.142. The lowest BCUT2D eigenvalue weighted by Gasteiger charge is -2.32. The molecule has 2 fully saturated rings. The van der Waals surface area contributed by atoms with Crippen molar-refractivity contribution in [1.82, 2.24) is 0 Å². The third kappa shape index (κ3) is 1.90. The summed E-state index contributed by atoms with van der Waals surface area (Å²) in [6.45, 7) is 3.76. The van der Waals surface area contributed by atoms with Crippen LogP contribution in [0.4, 0.5) is 14.5 Å². The van der Waals surface area contributed by atoms with Crippen molar-refractivity contribution in [3.8, 4) is 0 Å². The Hall–Kier alpha value is -1.78. The monoisotopic (exact) mass is 293 g/mol. The molecule has 2 aliphatic carbocycles. The number of hydrogen-bond acceptors (Lipinski definition) is 2.